The Balaban J connectivity index is 2.37. The summed E-state index contributed by atoms with van der Waals surface area (Å²) in [7, 11) is 1.20. The van der Waals surface area contributed by atoms with Gasteiger partial charge in [0.15, 0.2) is 0 Å². The molecule has 7 nitrogen and oxygen atoms in total. The van der Waals surface area contributed by atoms with Gasteiger partial charge in [0.1, 0.15) is 18.1 Å². The van der Waals surface area contributed by atoms with E-state index in [1.807, 2.05) is 13.8 Å². The summed E-state index contributed by atoms with van der Waals surface area (Å²) in [4.78, 5) is 28.6. The molecule has 0 atom stereocenters. The second-order valence-corrected chi connectivity index (χ2v) is 7.36. The number of nitrogens with zero attached hydrogens (tertiary/aromatic N) is 3. The Labute approximate surface area is 172 Å². The molecule has 0 unspecified atom stereocenters. The molecule has 3 N–H and O–H groups in total. The van der Waals surface area contributed by atoms with Crippen molar-refractivity contribution in [3.05, 3.63) is 50.5 Å². The second-order valence-electron chi connectivity index (χ2n) is 6.45. The molecule has 0 fully saturated rings. The van der Waals surface area contributed by atoms with Crippen LogP contribution in [0.3, 0.4) is 0 Å². The van der Waals surface area contributed by atoms with E-state index in [9.17, 15) is 22.8 Å². The van der Waals surface area contributed by atoms with Crippen LogP contribution in [-0.4, -0.2) is 34.7 Å². The Hall–Kier alpha value is -2.69. The van der Waals surface area contributed by atoms with Crippen LogP contribution >= 0.6 is 15.9 Å². The molecule has 2 aromatic rings. The highest BCUT2D eigenvalue weighted by atomic mass is 79.9. The van der Waals surface area contributed by atoms with Crippen molar-refractivity contribution in [2.75, 3.05) is 7.05 Å². The van der Waals surface area contributed by atoms with Crippen LogP contribution in [0.2, 0.25) is 0 Å². The van der Waals surface area contributed by atoms with Crippen molar-refractivity contribution in [3.8, 4) is 0 Å². The van der Waals surface area contributed by atoms with Crippen LogP contribution < -0.4 is 16.6 Å². The minimum absolute atomic E-state index is 0.0380. The Bertz CT molecular complexity index is 1060. The fourth-order valence-electron chi connectivity index (χ4n) is 2.52. The first-order chi connectivity index (χ1) is 13.4. The topological polar surface area (TPSA) is 102 Å². The first-order valence-corrected chi connectivity index (χ1v) is 9.24. The maximum atomic E-state index is 12.7. The summed E-state index contributed by atoms with van der Waals surface area (Å²) in [5, 5.41) is 7.52. The monoisotopic (exact) mass is 473 g/mol. The number of amidine groups is 1. The summed E-state index contributed by atoms with van der Waals surface area (Å²) in [6.07, 6.45) is -4.25. The first kappa shape index (κ1) is 22.6. The molecule has 1 aromatic carbocycles. The minimum atomic E-state index is -4.75. The number of aliphatic imine (C=N–C) groups is 1. The molecule has 11 heteroatoms. The molecule has 0 aliphatic heterocycles. The molecule has 156 valence electrons. The van der Waals surface area contributed by atoms with Gasteiger partial charge in [0.05, 0.1) is 11.1 Å². The van der Waals surface area contributed by atoms with Crippen LogP contribution in [-0.2, 0) is 11.3 Å². The number of hydrogen-bond acceptors (Lipinski definition) is 5. The Morgan fingerprint density at radius 2 is 2.03 bits per heavy atom. The third-order valence-electron chi connectivity index (χ3n) is 3.92. The summed E-state index contributed by atoms with van der Waals surface area (Å²) in [6, 6.07) is 5.09. The van der Waals surface area contributed by atoms with Crippen molar-refractivity contribution in [3.63, 3.8) is 0 Å². The quantitative estimate of drug-likeness (QED) is 0.526. The number of rotatable bonds is 4. The number of nitrogens with two attached hydrogens (primary N) is 1. The molecule has 1 aromatic heterocycles. The van der Waals surface area contributed by atoms with Crippen LogP contribution in [0.1, 0.15) is 25.5 Å². The van der Waals surface area contributed by atoms with Gasteiger partial charge in [-0.2, -0.15) is 18.3 Å². The van der Waals surface area contributed by atoms with Crippen molar-refractivity contribution < 1.29 is 18.0 Å². The lowest BCUT2D eigenvalue weighted by Crippen LogP contribution is -2.37. The number of alkyl halides is 3. The number of allylic oxidation sites excluding steroid dienone is 1. The first-order valence-electron chi connectivity index (χ1n) is 8.45. The number of amides is 1. The Kier molecular flexibility index (Phi) is 6.83. The third kappa shape index (κ3) is 5.43. The summed E-state index contributed by atoms with van der Waals surface area (Å²) >= 11 is 3.36. The molecule has 0 saturated carbocycles. The zero-order chi connectivity index (χ0) is 21.9. The lowest BCUT2D eigenvalue weighted by molar-refractivity contribution is -0.120. The maximum Gasteiger partial charge on any atom is 0.430 e. The van der Waals surface area contributed by atoms with Crippen molar-refractivity contribution >= 4 is 38.4 Å². The zero-order valence-electron chi connectivity index (χ0n) is 15.8. The van der Waals surface area contributed by atoms with Crippen LogP contribution in [0.5, 0.6) is 0 Å². The molecule has 0 saturated heterocycles. The van der Waals surface area contributed by atoms with Gasteiger partial charge in [0.2, 0.25) is 5.91 Å². The number of nitrogens with one attached hydrogen (secondary N) is 1. The van der Waals surface area contributed by atoms with Gasteiger partial charge < -0.3 is 11.1 Å². The number of carbonyl (C=O) groups excluding carboxylic acids is 1. The van der Waals surface area contributed by atoms with Crippen LogP contribution in [0, 0.1) is 0 Å². The van der Waals surface area contributed by atoms with E-state index in [0.717, 1.165) is 9.15 Å². The summed E-state index contributed by atoms with van der Waals surface area (Å²) in [6.45, 7) is 3.29. The predicted octanol–water partition coefficient (Wildman–Crippen LogP) is 2.83. The predicted molar refractivity (Wildman–Crippen MR) is 108 cm³/mol. The van der Waals surface area contributed by atoms with E-state index >= 15 is 0 Å². The van der Waals surface area contributed by atoms with Crippen LogP contribution in [0.15, 0.2) is 44.2 Å². The van der Waals surface area contributed by atoms with Gasteiger partial charge in [-0.1, -0.05) is 29.8 Å². The number of halogens is 4. The van der Waals surface area contributed by atoms with E-state index in [0.29, 0.717) is 22.5 Å². The molecule has 0 bridgehead atoms. The van der Waals surface area contributed by atoms with E-state index in [1.54, 1.807) is 18.2 Å². The molecular formula is C18H19BrF3N5O2. The number of hydrogen-bond donors (Lipinski definition) is 2. The van der Waals surface area contributed by atoms with Gasteiger partial charge in [-0.25, -0.2) is 4.68 Å². The molecule has 29 heavy (non-hydrogen) atoms. The molecule has 2 rings (SSSR count). The molecule has 0 aliphatic carbocycles. The standard InChI is InChI=1S/C18H19BrF3N5O2/c1-9(2)16-12-6-10(19)4-5-11(12)17(29)27(26-16)8-15(28)25-14(24-3)7-13(23)18(20,21)22/h4-7,9H,8,23H2,1-3H3,(H,24,25,28)/b13-7-. The number of benzene rings is 1. The van der Waals surface area contributed by atoms with Gasteiger partial charge in [-0.3, -0.25) is 14.6 Å². The van der Waals surface area contributed by atoms with Gasteiger partial charge in [-0.15, -0.1) is 0 Å². The summed E-state index contributed by atoms with van der Waals surface area (Å²) in [5.74, 6) is -1.19. The smallest absolute Gasteiger partial charge is 0.395 e. The highest BCUT2D eigenvalue weighted by Gasteiger charge is 2.31. The molecule has 0 radical (unpaired) electrons. The normalized spacial score (nSPS) is 13.2. The van der Waals surface area contributed by atoms with Crippen LogP contribution in [0.4, 0.5) is 13.2 Å². The number of fused-ring (bicyclic) bond motifs is 1. The Morgan fingerprint density at radius 1 is 1.38 bits per heavy atom. The lowest BCUT2D eigenvalue weighted by Gasteiger charge is -2.14. The fraction of sp³-hybridized carbons (Fsp3) is 0.333. The van der Waals surface area contributed by atoms with Crippen molar-refractivity contribution in [2.45, 2.75) is 32.5 Å². The summed E-state index contributed by atoms with van der Waals surface area (Å²) in [5.41, 5.74) is 3.65. The highest BCUT2D eigenvalue weighted by molar-refractivity contribution is 9.10. The third-order valence-corrected chi connectivity index (χ3v) is 4.41. The van der Waals surface area contributed by atoms with E-state index in [-0.39, 0.29) is 11.8 Å². The van der Waals surface area contributed by atoms with E-state index in [4.69, 9.17) is 5.73 Å². The molecule has 0 aliphatic rings. The SMILES string of the molecule is CN=C(/C=C(\N)C(F)(F)F)NC(=O)Cn1nc(C(C)C)c2cc(Br)ccc2c1=O. The number of carbonyl (C=O) groups is 1. The van der Waals surface area contributed by atoms with E-state index in [1.165, 1.54) is 7.05 Å². The maximum absolute atomic E-state index is 12.7. The molecular weight excluding hydrogens is 455 g/mol. The largest absolute Gasteiger partial charge is 0.430 e. The van der Waals surface area contributed by atoms with Crippen molar-refractivity contribution in [1.29, 1.82) is 0 Å². The molecule has 1 amide bonds. The van der Waals surface area contributed by atoms with Crippen LogP contribution in [0.25, 0.3) is 10.8 Å². The fourth-order valence-corrected chi connectivity index (χ4v) is 2.88. The van der Waals surface area contributed by atoms with E-state index < -0.39 is 29.9 Å². The van der Waals surface area contributed by atoms with Crippen molar-refractivity contribution in [2.24, 2.45) is 10.7 Å². The van der Waals surface area contributed by atoms with Gasteiger partial charge in [0.25, 0.3) is 5.56 Å². The van der Waals surface area contributed by atoms with Gasteiger partial charge >= 0.3 is 6.18 Å². The second kappa shape index (κ2) is 8.76. The summed E-state index contributed by atoms with van der Waals surface area (Å²) < 4.78 is 39.4. The van der Waals surface area contributed by atoms with Crippen molar-refractivity contribution in [1.82, 2.24) is 15.1 Å². The number of aromatic nitrogens is 2. The molecule has 0 spiro atoms. The van der Waals surface area contributed by atoms with Gasteiger partial charge in [-0.05, 0) is 24.1 Å². The average molecular weight is 474 g/mol. The lowest BCUT2D eigenvalue weighted by atomic mass is 10.0. The highest BCUT2D eigenvalue weighted by Crippen LogP contribution is 2.24. The van der Waals surface area contributed by atoms with Gasteiger partial charge in [0, 0.05) is 23.0 Å². The van der Waals surface area contributed by atoms with E-state index in [2.05, 4.69) is 31.3 Å². The molecule has 1 heterocycles. The minimum Gasteiger partial charge on any atom is -0.395 e. The Morgan fingerprint density at radius 3 is 2.59 bits per heavy atom. The zero-order valence-corrected chi connectivity index (χ0v) is 17.4. The average Bonchev–Trinajstić information content (AvgIpc) is 2.62.